The normalized spacial score (nSPS) is 21.5. The molecule has 1 aliphatic heterocycles. The second kappa shape index (κ2) is 5.34. The molecule has 1 aromatic carbocycles. The number of aromatic nitrogens is 1. The van der Waals surface area contributed by atoms with Gasteiger partial charge < -0.3 is 10.1 Å². The van der Waals surface area contributed by atoms with E-state index in [-0.39, 0.29) is 0 Å². The summed E-state index contributed by atoms with van der Waals surface area (Å²) in [4.78, 5) is 4.67. The quantitative estimate of drug-likeness (QED) is 0.919. The van der Waals surface area contributed by atoms with Gasteiger partial charge in [0.15, 0.2) is 0 Å². The van der Waals surface area contributed by atoms with Crippen LogP contribution in [0.2, 0.25) is 0 Å². The van der Waals surface area contributed by atoms with Gasteiger partial charge in [-0.2, -0.15) is 0 Å². The minimum Gasteiger partial charge on any atom is -0.377 e. The highest BCUT2D eigenvalue weighted by atomic mass is 32.1. The Morgan fingerprint density at radius 3 is 3.17 bits per heavy atom. The number of rotatable bonds is 4. The Morgan fingerprint density at radius 2 is 2.39 bits per heavy atom. The van der Waals surface area contributed by atoms with Crippen LogP contribution in [0.25, 0.3) is 10.2 Å². The predicted molar refractivity (Wildman–Crippen MR) is 75.0 cm³/mol. The molecule has 0 aliphatic carbocycles. The van der Waals surface area contributed by atoms with Crippen molar-refractivity contribution in [3.8, 4) is 0 Å². The van der Waals surface area contributed by atoms with Crippen LogP contribution in [0.3, 0.4) is 0 Å². The molecule has 1 saturated heterocycles. The maximum absolute atomic E-state index is 5.62. The molecule has 0 bridgehead atoms. The summed E-state index contributed by atoms with van der Waals surface area (Å²) < 4.78 is 6.88. The summed E-state index contributed by atoms with van der Waals surface area (Å²) in [6, 6.07) is 8.60. The second-order valence-corrected chi connectivity index (χ2v) is 5.85. The van der Waals surface area contributed by atoms with Crippen LogP contribution in [-0.4, -0.2) is 24.2 Å². The standard InChI is InChI=1S/C14H18N2OS/c1-10(15-9-11-5-4-8-17-11)14-16-12-6-2-3-7-13(12)18-14/h2-3,6-7,10-11,15H,4-5,8-9H2,1H3. The van der Waals surface area contributed by atoms with Gasteiger partial charge in [-0.3, -0.25) is 0 Å². The molecule has 1 fully saturated rings. The zero-order valence-electron chi connectivity index (χ0n) is 10.6. The average molecular weight is 262 g/mol. The van der Waals surface area contributed by atoms with Crippen LogP contribution >= 0.6 is 11.3 Å². The van der Waals surface area contributed by atoms with Gasteiger partial charge in [0, 0.05) is 13.2 Å². The molecule has 0 radical (unpaired) electrons. The Labute approximate surface area is 111 Å². The van der Waals surface area contributed by atoms with Crippen LogP contribution in [0.4, 0.5) is 0 Å². The SMILES string of the molecule is CC(NCC1CCCO1)c1nc2ccccc2s1. The van der Waals surface area contributed by atoms with E-state index in [1.54, 1.807) is 11.3 Å². The third-order valence-corrected chi connectivity index (χ3v) is 4.58. The van der Waals surface area contributed by atoms with Crippen molar-refractivity contribution in [1.82, 2.24) is 10.3 Å². The number of fused-ring (bicyclic) bond motifs is 1. The van der Waals surface area contributed by atoms with Crippen LogP contribution in [-0.2, 0) is 4.74 Å². The molecular formula is C14H18N2OS. The summed E-state index contributed by atoms with van der Waals surface area (Å²) in [7, 11) is 0. The molecule has 18 heavy (non-hydrogen) atoms. The Bertz CT molecular complexity index is 486. The molecule has 2 aromatic rings. The molecule has 3 rings (SSSR count). The summed E-state index contributed by atoms with van der Waals surface area (Å²) in [5, 5.41) is 4.69. The Hall–Kier alpha value is -0.970. The molecule has 1 aliphatic rings. The molecule has 0 saturated carbocycles. The van der Waals surface area contributed by atoms with Crippen molar-refractivity contribution in [3.63, 3.8) is 0 Å². The highest BCUT2D eigenvalue weighted by Gasteiger charge is 2.17. The number of nitrogens with one attached hydrogen (secondary N) is 1. The van der Waals surface area contributed by atoms with Crippen molar-refractivity contribution in [2.24, 2.45) is 0 Å². The first kappa shape index (κ1) is 12.1. The first-order chi connectivity index (χ1) is 8.83. The van der Waals surface area contributed by atoms with Crippen molar-refractivity contribution < 1.29 is 4.74 Å². The first-order valence-electron chi connectivity index (χ1n) is 6.53. The summed E-state index contributed by atoms with van der Waals surface area (Å²) in [5.41, 5.74) is 1.10. The third kappa shape index (κ3) is 2.55. The number of hydrogen-bond acceptors (Lipinski definition) is 4. The van der Waals surface area contributed by atoms with E-state index in [1.165, 1.54) is 17.5 Å². The fourth-order valence-corrected chi connectivity index (χ4v) is 3.27. The van der Waals surface area contributed by atoms with Gasteiger partial charge in [0.25, 0.3) is 0 Å². The van der Waals surface area contributed by atoms with Gasteiger partial charge in [-0.25, -0.2) is 4.98 Å². The number of thiazole rings is 1. The van der Waals surface area contributed by atoms with Crippen molar-refractivity contribution in [2.45, 2.75) is 31.9 Å². The van der Waals surface area contributed by atoms with Crippen molar-refractivity contribution >= 4 is 21.6 Å². The van der Waals surface area contributed by atoms with E-state index in [4.69, 9.17) is 4.74 Å². The fourth-order valence-electron chi connectivity index (χ4n) is 2.28. The largest absolute Gasteiger partial charge is 0.377 e. The number of hydrogen-bond donors (Lipinski definition) is 1. The molecule has 1 N–H and O–H groups in total. The van der Waals surface area contributed by atoms with Crippen LogP contribution in [0.1, 0.15) is 30.8 Å². The van der Waals surface area contributed by atoms with Crippen LogP contribution in [0.5, 0.6) is 0 Å². The maximum atomic E-state index is 5.62. The molecule has 0 spiro atoms. The lowest BCUT2D eigenvalue weighted by Gasteiger charge is -2.14. The molecule has 2 unspecified atom stereocenters. The minimum atomic E-state index is 0.298. The molecule has 1 aromatic heterocycles. The topological polar surface area (TPSA) is 34.1 Å². The van der Waals surface area contributed by atoms with E-state index >= 15 is 0 Å². The van der Waals surface area contributed by atoms with Crippen molar-refractivity contribution in [1.29, 1.82) is 0 Å². The predicted octanol–water partition coefficient (Wildman–Crippen LogP) is 3.13. The smallest absolute Gasteiger partial charge is 0.111 e. The van der Waals surface area contributed by atoms with Gasteiger partial charge in [0.2, 0.25) is 0 Å². The lowest BCUT2D eigenvalue weighted by Crippen LogP contribution is -2.28. The van der Waals surface area contributed by atoms with E-state index in [2.05, 4.69) is 35.4 Å². The monoisotopic (exact) mass is 262 g/mol. The lowest BCUT2D eigenvalue weighted by atomic mass is 10.2. The minimum absolute atomic E-state index is 0.298. The van der Waals surface area contributed by atoms with E-state index in [0.29, 0.717) is 12.1 Å². The number of benzene rings is 1. The van der Waals surface area contributed by atoms with Gasteiger partial charge >= 0.3 is 0 Å². The van der Waals surface area contributed by atoms with Gasteiger partial charge in [-0.05, 0) is 31.9 Å². The summed E-state index contributed by atoms with van der Waals surface area (Å²) in [5.74, 6) is 0. The highest BCUT2D eigenvalue weighted by Crippen LogP contribution is 2.26. The van der Waals surface area contributed by atoms with E-state index in [1.807, 2.05) is 6.07 Å². The molecule has 96 valence electrons. The molecular weight excluding hydrogens is 244 g/mol. The van der Waals surface area contributed by atoms with E-state index < -0.39 is 0 Å². The lowest BCUT2D eigenvalue weighted by molar-refractivity contribution is 0.108. The maximum Gasteiger partial charge on any atom is 0.111 e. The molecule has 2 heterocycles. The zero-order chi connectivity index (χ0) is 12.4. The fraction of sp³-hybridized carbons (Fsp3) is 0.500. The van der Waals surface area contributed by atoms with E-state index in [9.17, 15) is 0 Å². The van der Waals surface area contributed by atoms with E-state index in [0.717, 1.165) is 23.7 Å². The van der Waals surface area contributed by atoms with Gasteiger partial charge in [-0.15, -0.1) is 11.3 Å². The number of ether oxygens (including phenoxy) is 1. The van der Waals surface area contributed by atoms with Crippen LogP contribution in [0, 0.1) is 0 Å². The van der Waals surface area contributed by atoms with Gasteiger partial charge in [0.1, 0.15) is 5.01 Å². The summed E-state index contributed by atoms with van der Waals surface area (Å²) in [6.45, 7) is 4.02. The summed E-state index contributed by atoms with van der Waals surface area (Å²) >= 11 is 1.77. The van der Waals surface area contributed by atoms with Crippen LogP contribution < -0.4 is 5.32 Å². The molecule has 0 amide bonds. The first-order valence-corrected chi connectivity index (χ1v) is 7.35. The van der Waals surface area contributed by atoms with Crippen molar-refractivity contribution in [3.05, 3.63) is 29.3 Å². The summed E-state index contributed by atoms with van der Waals surface area (Å²) in [6.07, 6.45) is 2.77. The zero-order valence-corrected chi connectivity index (χ0v) is 11.4. The third-order valence-electron chi connectivity index (χ3n) is 3.36. The average Bonchev–Trinajstić information content (AvgIpc) is 3.04. The van der Waals surface area contributed by atoms with Gasteiger partial charge in [0.05, 0.1) is 22.4 Å². The second-order valence-electron chi connectivity index (χ2n) is 4.78. The number of para-hydroxylation sites is 1. The molecule has 2 atom stereocenters. The Kier molecular flexibility index (Phi) is 3.59. The van der Waals surface area contributed by atoms with Crippen molar-refractivity contribution in [2.75, 3.05) is 13.2 Å². The van der Waals surface area contributed by atoms with Crippen LogP contribution in [0.15, 0.2) is 24.3 Å². The Morgan fingerprint density at radius 1 is 1.50 bits per heavy atom. The highest BCUT2D eigenvalue weighted by molar-refractivity contribution is 7.18. The molecule has 4 heteroatoms. The molecule has 3 nitrogen and oxygen atoms in total. The Balaban J connectivity index is 1.65. The van der Waals surface area contributed by atoms with Gasteiger partial charge in [-0.1, -0.05) is 12.1 Å². The number of nitrogens with zero attached hydrogens (tertiary/aromatic N) is 1.